The summed E-state index contributed by atoms with van der Waals surface area (Å²) in [4.78, 5) is 11.9. The minimum absolute atomic E-state index is 0.0328. The fourth-order valence-corrected chi connectivity index (χ4v) is 2.60. The zero-order valence-corrected chi connectivity index (χ0v) is 11.7. The molecule has 1 aliphatic rings. The van der Waals surface area contributed by atoms with Gasteiger partial charge in [0.1, 0.15) is 0 Å². The van der Waals surface area contributed by atoms with Crippen LogP contribution in [0.3, 0.4) is 0 Å². The number of nitrogens with two attached hydrogens (primary N) is 1. The summed E-state index contributed by atoms with van der Waals surface area (Å²) in [5.74, 6) is 1.99. The third-order valence-electron chi connectivity index (χ3n) is 4.01. The molecule has 1 rings (SSSR count). The Balaban J connectivity index is 2.36. The van der Waals surface area contributed by atoms with Crippen LogP contribution in [0.25, 0.3) is 0 Å². The number of nitrogens with one attached hydrogen (secondary N) is 1. The highest BCUT2D eigenvalue weighted by Crippen LogP contribution is 2.29. The minimum Gasteiger partial charge on any atom is -0.352 e. The first-order chi connectivity index (χ1) is 7.90. The Morgan fingerprint density at radius 3 is 2.47 bits per heavy atom. The zero-order chi connectivity index (χ0) is 13.0. The Bertz CT molecular complexity index is 253. The molecule has 0 aromatic rings. The molecular weight excluding hydrogens is 212 g/mol. The molecule has 1 amide bonds. The Morgan fingerprint density at radius 1 is 1.29 bits per heavy atom. The van der Waals surface area contributed by atoms with Crippen LogP contribution in [-0.2, 0) is 4.79 Å². The Kier molecular flexibility index (Phi) is 5.44. The summed E-state index contributed by atoms with van der Waals surface area (Å²) in [6.07, 6.45) is 4.18. The molecule has 0 aliphatic heterocycles. The monoisotopic (exact) mass is 240 g/mol. The van der Waals surface area contributed by atoms with Crippen molar-refractivity contribution in [2.45, 2.75) is 65.5 Å². The highest BCUT2D eigenvalue weighted by atomic mass is 16.2. The second kappa shape index (κ2) is 6.39. The largest absolute Gasteiger partial charge is 0.352 e. The van der Waals surface area contributed by atoms with Gasteiger partial charge >= 0.3 is 0 Å². The van der Waals surface area contributed by atoms with E-state index in [-0.39, 0.29) is 11.9 Å². The summed E-state index contributed by atoms with van der Waals surface area (Å²) in [6, 6.07) is -0.00318. The van der Waals surface area contributed by atoms with E-state index in [0.29, 0.717) is 17.9 Å². The van der Waals surface area contributed by atoms with E-state index in [1.165, 1.54) is 6.42 Å². The van der Waals surface area contributed by atoms with Crippen molar-refractivity contribution in [2.24, 2.45) is 23.5 Å². The average Bonchev–Trinajstić information content (AvgIpc) is 2.22. The van der Waals surface area contributed by atoms with Gasteiger partial charge in [-0.15, -0.1) is 0 Å². The van der Waals surface area contributed by atoms with E-state index in [1.54, 1.807) is 0 Å². The molecule has 0 aromatic heterocycles. The lowest BCUT2D eigenvalue weighted by atomic mass is 9.79. The molecule has 3 N–H and O–H groups in total. The van der Waals surface area contributed by atoms with Crippen LogP contribution < -0.4 is 11.1 Å². The van der Waals surface area contributed by atoms with Gasteiger partial charge in [-0.3, -0.25) is 4.79 Å². The number of hydrogen-bond acceptors (Lipinski definition) is 2. The molecule has 17 heavy (non-hydrogen) atoms. The molecule has 4 atom stereocenters. The Hall–Kier alpha value is -0.570. The number of rotatable bonds is 4. The predicted molar refractivity (Wildman–Crippen MR) is 71.5 cm³/mol. The molecule has 0 heterocycles. The topological polar surface area (TPSA) is 55.1 Å². The molecule has 0 bridgehead atoms. The first-order valence-corrected chi connectivity index (χ1v) is 6.96. The van der Waals surface area contributed by atoms with Gasteiger partial charge in [-0.05, 0) is 43.4 Å². The molecule has 0 radical (unpaired) electrons. The third kappa shape index (κ3) is 4.66. The third-order valence-corrected chi connectivity index (χ3v) is 4.01. The predicted octanol–water partition coefficient (Wildman–Crippen LogP) is 2.30. The highest BCUT2D eigenvalue weighted by Gasteiger charge is 2.26. The quantitative estimate of drug-likeness (QED) is 0.792. The molecule has 100 valence electrons. The van der Waals surface area contributed by atoms with Crippen molar-refractivity contribution < 1.29 is 4.79 Å². The molecule has 0 spiro atoms. The van der Waals surface area contributed by atoms with Crippen LogP contribution in [0, 0.1) is 17.8 Å². The number of hydrogen-bond donors (Lipinski definition) is 2. The first kappa shape index (κ1) is 14.5. The second-order valence-corrected chi connectivity index (χ2v) is 6.21. The molecule has 3 nitrogen and oxygen atoms in total. The molecule has 0 saturated heterocycles. The van der Waals surface area contributed by atoms with Crippen LogP contribution in [-0.4, -0.2) is 18.0 Å². The van der Waals surface area contributed by atoms with Gasteiger partial charge in [-0.1, -0.05) is 27.7 Å². The maximum Gasteiger partial charge on any atom is 0.237 e. The first-order valence-electron chi connectivity index (χ1n) is 6.96. The van der Waals surface area contributed by atoms with Crippen molar-refractivity contribution in [1.82, 2.24) is 5.32 Å². The minimum atomic E-state index is -0.343. The van der Waals surface area contributed by atoms with Gasteiger partial charge in [0, 0.05) is 6.04 Å². The van der Waals surface area contributed by atoms with E-state index in [9.17, 15) is 4.79 Å². The lowest BCUT2D eigenvalue weighted by Gasteiger charge is -2.33. The summed E-state index contributed by atoms with van der Waals surface area (Å²) < 4.78 is 0. The molecule has 0 aromatic carbocycles. The van der Waals surface area contributed by atoms with Gasteiger partial charge in [0.2, 0.25) is 5.91 Å². The summed E-state index contributed by atoms with van der Waals surface area (Å²) in [6.45, 7) is 8.76. The van der Waals surface area contributed by atoms with Gasteiger partial charge < -0.3 is 11.1 Å². The fraction of sp³-hybridized carbons (Fsp3) is 0.929. The van der Waals surface area contributed by atoms with Gasteiger partial charge in [0.25, 0.3) is 0 Å². The number of amides is 1. The van der Waals surface area contributed by atoms with Gasteiger partial charge in [-0.2, -0.15) is 0 Å². The number of carbonyl (C=O) groups is 1. The van der Waals surface area contributed by atoms with E-state index in [2.05, 4.69) is 33.0 Å². The van der Waals surface area contributed by atoms with Gasteiger partial charge in [0.15, 0.2) is 0 Å². The van der Waals surface area contributed by atoms with Crippen molar-refractivity contribution in [3.8, 4) is 0 Å². The van der Waals surface area contributed by atoms with Gasteiger partial charge in [-0.25, -0.2) is 0 Å². The molecular formula is C14H28N2O. The average molecular weight is 240 g/mol. The van der Waals surface area contributed by atoms with Crippen molar-refractivity contribution in [2.75, 3.05) is 0 Å². The zero-order valence-electron chi connectivity index (χ0n) is 11.7. The van der Waals surface area contributed by atoms with E-state index in [0.717, 1.165) is 25.2 Å². The molecule has 3 heteroatoms. The lowest BCUT2D eigenvalue weighted by Crippen LogP contribution is -2.47. The summed E-state index contributed by atoms with van der Waals surface area (Å²) in [5, 5.41) is 3.11. The summed E-state index contributed by atoms with van der Waals surface area (Å²) in [5.41, 5.74) is 5.89. The van der Waals surface area contributed by atoms with Crippen molar-refractivity contribution in [1.29, 1.82) is 0 Å². The van der Waals surface area contributed by atoms with Crippen LogP contribution in [0.5, 0.6) is 0 Å². The van der Waals surface area contributed by atoms with Crippen molar-refractivity contribution in [3.05, 3.63) is 0 Å². The van der Waals surface area contributed by atoms with E-state index >= 15 is 0 Å². The SMILES string of the molecule is CC(C)C[C@@H](N)C(=O)NC1CCC(C)C(C)C1. The maximum absolute atomic E-state index is 11.9. The Labute approximate surface area is 106 Å². The summed E-state index contributed by atoms with van der Waals surface area (Å²) in [7, 11) is 0. The van der Waals surface area contributed by atoms with Crippen LogP contribution in [0.1, 0.15) is 53.4 Å². The normalized spacial score (nSPS) is 31.3. The number of carbonyl (C=O) groups excluding carboxylic acids is 1. The van der Waals surface area contributed by atoms with Gasteiger partial charge in [0.05, 0.1) is 6.04 Å². The van der Waals surface area contributed by atoms with Crippen LogP contribution in [0.15, 0.2) is 0 Å². The fourth-order valence-electron chi connectivity index (χ4n) is 2.60. The van der Waals surface area contributed by atoms with E-state index in [4.69, 9.17) is 5.73 Å². The van der Waals surface area contributed by atoms with Crippen molar-refractivity contribution >= 4 is 5.91 Å². The lowest BCUT2D eigenvalue weighted by molar-refractivity contribution is -0.123. The van der Waals surface area contributed by atoms with Crippen LogP contribution >= 0.6 is 0 Å². The van der Waals surface area contributed by atoms with E-state index in [1.807, 2.05) is 0 Å². The standard InChI is InChI=1S/C14H28N2O/c1-9(2)7-13(15)14(17)16-12-6-5-10(3)11(4)8-12/h9-13H,5-8,15H2,1-4H3,(H,16,17)/t10?,11?,12?,13-/m1/s1. The van der Waals surface area contributed by atoms with E-state index < -0.39 is 0 Å². The van der Waals surface area contributed by atoms with Crippen LogP contribution in [0.4, 0.5) is 0 Å². The Morgan fingerprint density at radius 2 is 1.94 bits per heavy atom. The highest BCUT2D eigenvalue weighted by molar-refractivity contribution is 5.81. The van der Waals surface area contributed by atoms with Crippen LogP contribution in [0.2, 0.25) is 0 Å². The maximum atomic E-state index is 11.9. The smallest absolute Gasteiger partial charge is 0.237 e. The molecule has 1 saturated carbocycles. The summed E-state index contributed by atoms with van der Waals surface area (Å²) >= 11 is 0. The molecule has 3 unspecified atom stereocenters. The molecule has 1 fully saturated rings. The second-order valence-electron chi connectivity index (χ2n) is 6.21. The molecule has 1 aliphatic carbocycles. The van der Waals surface area contributed by atoms with Crippen molar-refractivity contribution in [3.63, 3.8) is 0 Å².